The van der Waals surface area contributed by atoms with Crippen LogP contribution in [0.15, 0.2) is 22.0 Å². The van der Waals surface area contributed by atoms with Crippen LogP contribution >= 0.6 is 0 Å². The second-order valence-corrected chi connectivity index (χ2v) is 4.59. The molecule has 0 aromatic heterocycles. The van der Waals surface area contributed by atoms with Crippen molar-refractivity contribution in [2.75, 3.05) is 6.54 Å². The number of aliphatic hydroxyl groups is 1. The van der Waals surface area contributed by atoms with E-state index in [1.807, 2.05) is 20.8 Å². The lowest BCUT2D eigenvalue weighted by Gasteiger charge is -2.16. The minimum Gasteiger partial charge on any atom is -0.372 e. The molecule has 0 spiro atoms. The summed E-state index contributed by atoms with van der Waals surface area (Å²) in [5.74, 6) is 5.82. The van der Waals surface area contributed by atoms with Crippen LogP contribution in [0.4, 0.5) is 0 Å². The lowest BCUT2D eigenvalue weighted by Crippen LogP contribution is -2.23. The zero-order chi connectivity index (χ0) is 10.8. The Morgan fingerprint density at radius 2 is 1.93 bits per heavy atom. The minimum absolute atomic E-state index is 0.111. The number of hydrogen-bond donors (Lipinski definition) is 1. The van der Waals surface area contributed by atoms with Gasteiger partial charge in [-0.3, -0.25) is 0 Å². The van der Waals surface area contributed by atoms with Gasteiger partial charge in [-0.1, -0.05) is 11.8 Å². The van der Waals surface area contributed by atoms with E-state index < -0.39 is 5.60 Å². The summed E-state index contributed by atoms with van der Waals surface area (Å²) in [4.78, 5) is 0. The first kappa shape index (κ1) is 10.9. The smallest absolute Gasteiger partial charge is 0.166 e. The van der Waals surface area contributed by atoms with Crippen molar-refractivity contribution in [2.45, 2.75) is 33.3 Å². The van der Waals surface area contributed by atoms with Crippen LogP contribution in [0, 0.1) is 17.3 Å². The molecule has 0 fully saturated rings. The molecule has 0 aliphatic carbocycles. The number of rotatable bonds is 1. The van der Waals surface area contributed by atoms with E-state index in [1.54, 1.807) is 13.0 Å². The molecule has 0 saturated carbocycles. The van der Waals surface area contributed by atoms with Gasteiger partial charge in [-0.2, -0.15) is 10.2 Å². The predicted octanol–water partition coefficient (Wildman–Crippen LogP) is 2.14. The van der Waals surface area contributed by atoms with E-state index in [0.29, 0.717) is 12.2 Å². The fourth-order valence-corrected chi connectivity index (χ4v) is 0.954. The van der Waals surface area contributed by atoms with E-state index in [9.17, 15) is 5.11 Å². The largest absolute Gasteiger partial charge is 0.372 e. The van der Waals surface area contributed by atoms with Crippen LogP contribution in [0.5, 0.6) is 0 Å². The van der Waals surface area contributed by atoms with Gasteiger partial charge in [-0.05, 0) is 33.8 Å². The molecule has 3 heteroatoms. The molecule has 1 rings (SSSR count). The number of hydrogen-bond acceptors (Lipinski definition) is 3. The van der Waals surface area contributed by atoms with Crippen molar-refractivity contribution in [3.63, 3.8) is 0 Å². The monoisotopic (exact) mass is 192 g/mol. The van der Waals surface area contributed by atoms with Crippen LogP contribution in [0.1, 0.15) is 27.7 Å². The molecule has 1 atom stereocenters. The van der Waals surface area contributed by atoms with Gasteiger partial charge < -0.3 is 5.11 Å². The van der Waals surface area contributed by atoms with Crippen molar-refractivity contribution in [1.82, 2.24) is 0 Å². The van der Waals surface area contributed by atoms with Gasteiger partial charge in [-0.15, -0.1) is 0 Å². The Bertz CT molecular complexity index is 335. The van der Waals surface area contributed by atoms with Gasteiger partial charge in [0, 0.05) is 5.41 Å². The first-order valence-electron chi connectivity index (χ1n) is 4.66. The van der Waals surface area contributed by atoms with Crippen molar-refractivity contribution in [3.05, 3.63) is 11.8 Å². The summed E-state index contributed by atoms with van der Waals surface area (Å²) in [6, 6.07) is 0. The van der Waals surface area contributed by atoms with Crippen LogP contribution in [-0.4, -0.2) is 17.3 Å². The van der Waals surface area contributed by atoms with E-state index in [0.717, 1.165) is 0 Å². The fraction of sp³-hybridized carbons (Fsp3) is 0.636. The van der Waals surface area contributed by atoms with Crippen LogP contribution in [0.25, 0.3) is 0 Å². The molecule has 1 aliphatic rings. The van der Waals surface area contributed by atoms with Gasteiger partial charge >= 0.3 is 0 Å². The maximum absolute atomic E-state index is 9.98. The third-order valence-corrected chi connectivity index (χ3v) is 1.72. The van der Waals surface area contributed by atoms with Gasteiger partial charge in [0.1, 0.15) is 5.70 Å². The van der Waals surface area contributed by atoms with E-state index in [-0.39, 0.29) is 5.41 Å². The molecule has 1 N–H and O–H groups in total. The molecule has 0 amide bonds. The fourth-order valence-electron chi connectivity index (χ4n) is 0.954. The van der Waals surface area contributed by atoms with Crippen molar-refractivity contribution in [1.29, 1.82) is 0 Å². The van der Waals surface area contributed by atoms with Crippen molar-refractivity contribution in [2.24, 2.45) is 15.6 Å². The van der Waals surface area contributed by atoms with Crippen LogP contribution in [0.3, 0.4) is 0 Å². The highest BCUT2D eigenvalue weighted by molar-refractivity contribution is 5.31. The van der Waals surface area contributed by atoms with Gasteiger partial charge in [0.15, 0.2) is 5.60 Å². The zero-order valence-corrected chi connectivity index (χ0v) is 9.13. The second kappa shape index (κ2) is 3.55. The van der Waals surface area contributed by atoms with Crippen LogP contribution in [-0.2, 0) is 0 Å². The second-order valence-electron chi connectivity index (χ2n) is 4.59. The predicted molar refractivity (Wildman–Crippen MR) is 55.7 cm³/mol. The van der Waals surface area contributed by atoms with Crippen LogP contribution in [0.2, 0.25) is 0 Å². The summed E-state index contributed by atoms with van der Waals surface area (Å²) >= 11 is 0. The molecule has 14 heavy (non-hydrogen) atoms. The average Bonchev–Trinajstić information content (AvgIpc) is 2.52. The van der Waals surface area contributed by atoms with E-state index in [1.165, 1.54) is 0 Å². The number of azo groups is 1. The summed E-state index contributed by atoms with van der Waals surface area (Å²) in [7, 11) is 0. The minimum atomic E-state index is -1.17. The maximum atomic E-state index is 9.98. The van der Waals surface area contributed by atoms with Gasteiger partial charge in [0.05, 0.1) is 6.54 Å². The normalized spacial score (nSPS) is 19.6. The Morgan fingerprint density at radius 1 is 1.29 bits per heavy atom. The van der Waals surface area contributed by atoms with Crippen molar-refractivity contribution >= 4 is 0 Å². The molecule has 0 radical (unpaired) electrons. The van der Waals surface area contributed by atoms with Crippen LogP contribution < -0.4 is 0 Å². The Hall–Kier alpha value is -1.14. The van der Waals surface area contributed by atoms with Crippen molar-refractivity contribution in [3.8, 4) is 11.8 Å². The zero-order valence-electron chi connectivity index (χ0n) is 9.13. The number of nitrogens with zero attached hydrogens (tertiary/aromatic N) is 2. The summed E-state index contributed by atoms with van der Waals surface area (Å²) in [6.07, 6.45) is 1.79. The summed E-state index contributed by atoms with van der Waals surface area (Å²) in [6.45, 7) is 8.19. The Balaban J connectivity index is 2.84. The molecular weight excluding hydrogens is 176 g/mol. The highest BCUT2D eigenvalue weighted by atomic mass is 16.3. The molecule has 1 unspecified atom stereocenters. The summed E-state index contributed by atoms with van der Waals surface area (Å²) in [5, 5.41) is 17.6. The Labute approximate surface area is 84.9 Å². The highest BCUT2D eigenvalue weighted by Crippen LogP contribution is 2.21. The van der Waals surface area contributed by atoms with E-state index >= 15 is 0 Å². The molecule has 0 bridgehead atoms. The quantitative estimate of drug-likeness (QED) is 0.635. The molecule has 0 saturated heterocycles. The average molecular weight is 192 g/mol. The molecule has 1 aliphatic heterocycles. The highest BCUT2D eigenvalue weighted by Gasteiger charge is 2.25. The van der Waals surface area contributed by atoms with Gasteiger partial charge in [0.25, 0.3) is 0 Å². The molecule has 3 nitrogen and oxygen atoms in total. The molecule has 0 aromatic rings. The lowest BCUT2D eigenvalue weighted by molar-refractivity contribution is 0.159. The Morgan fingerprint density at radius 3 is 2.36 bits per heavy atom. The molecular formula is C11H16N2O. The van der Waals surface area contributed by atoms with E-state index in [2.05, 4.69) is 22.1 Å². The third kappa shape index (κ3) is 2.97. The first-order chi connectivity index (χ1) is 6.31. The van der Waals surface area contributed by atoms with E-state index in [4.69, 9.17) is 0 Å². The lowest BCUT2D eigenvalue weighted by atomic mass is 9.94. The Kier molecular flexibility index (Phi) is 2.77. The summed E-state index contributed by atoms with van der Waals surface area (Å²) in [5.41, 5.74) is -0.734. The molecule has 1 heterocycles. The SMILES string of the molecule is CC(C)(C)C#CC(C)(O)C1=CCN=N1. The molecule has 76 valence electrons. The van der Waals surface area contributed by atoms with Gasteiger partial charge in [0.2, 0.25) is 0 Å². The molecule has 0 aromatic carbocycles. The standard InChI is InChI=1S/C11H16N2O/c1-10(2,3)6-7-11(4,14)9-5-8-12-13-9/h5,14H,8H2,1-4H3. The summed E-state index contributed by atoms with van der Waals surface area (Å²) < 4.78 is 0. The van der Waals surface area contributed by atoms with Gasteiger partial charge in [-0.25, -0.2) is 0 Å². The van der Waals surface area contributed by atoms with Crippen molar-refractivity contribution < 1.29 is 5.11 Å². The first-order valence-corrected chi connectivity index (χ1v) is 4.66. The topological polar surface area (TPSA) is 45.0 Å². The maximum Gasteiger partial charge on any atom is 0.166 e. The third-order valence-electron chi connectivity index (χ3n) is 1.72.